The molecule has 114 valence electrons. The van der Waals surface area contributed by atoms with Crippen LogP contribution in [-0.2, 0) is 4.79 Å². The first-order chi connectivity index (χ1) is 10.0. The number of amides is 1. The predicted octanol–water partition coefficient (Wildman–Crippen LogP) is 0.429. The molecule has 0 saturated carbocycles. The average Bonchev–Trinajstić information content (AvgIpc) is 2.46. The van der Waals surface area contributed by atoms with Gasteiger partial charge in [0.25, 0.3) is 0 Å². The van der Waals surface area contributed by atoms with Crippen LogP contribution in [0.2, 0.25) is 0 Å². The van der Waals surface area contributed by atoms with E-state index in [4.69, 9.17) is 9.84 Å². The quantitative estimate of drug-likeness (QED) is 0.772. The van der Waals surface area contributed by atoms with Crippen LogP contribution in [0.5, 0.6) is 5.75 Å². The lowest BCUT2D eigenvalue weighted by Crippen LogP contribution is -2.36. The first kappa shape index (κ1) is 17.0. The van der Waals surface area contributed by atoms with Gasteiger partial charge in [0, 0.05) is 26.2 Å². The van der Waals surface area contributed by atoms with Crippen molar-refractivity contribution in [2.24, 2.45) is 0 Å². The molecule has 0 atom stereocenters. The number of nitrogens with zero attached hydrogens (tertiary/aromatic N) is 2. The fourth-order valence-electron chi connectivity index (χ4n) is 1.55. The van der Waals surface area contributed by atoms with Crippen molar-refractivity contribution in [1.29, 1.82) is 0 Å². The number of carbonyl (C=O) groups is 1. The second-order valence-electron chi connectivity index (χ2n) is 4.86. The number of ether oxygens (including phenoxy) is 1. The number of hydrogen-bond acceptors (Lipinski definition) is 4. The van der Waals surface area contributed by atoms with E-state index in [-0.39, 0.29) is 12.5 Å². The van der Waals surface area contributed by atoms with E-state index < -0.39 is 0 Å². The molecule has 0 bridgehead atoms. The summed E-state index contributed by atoms with van der Waals surface area (Å²) in [5.41, 5.74) is 0.838. The van der Waals surface area contributed by atoms with E-state index in [1.807, 2.05) is 36.2 Å². The van der Waals surface area contributed by atoms with Crippen molar-refractivity contribution in [3.05, 3.63) is 29.8 Å². The maximum Gasteiger partial charge on any atom is 0.236 e. The summed E-state index contributed by atoms with van der Waals surface area (Å²) in [5, 5.41) is 8.62. The third-order valence-electron chi connectivity index (χ3n) is 2.81. The molecule has 1 amide bonds. The van der Waals surface area contributed by atoms with Crippen LogP contribution in [0.4, 0.5) is 0 Å². The van der Waals surface area contributed by atoms with Gasteiger partial charge in [0.1, 0.15) is 19.0 Å². The lowest BCUT2D eigenvalue weighted by Gasteiger charge is -2.18. The number of carbonyl (C=O) groups excluding carboxylic acids is 1. The highest BCUT2D eigenvalue weighted by Gasteiger charge is 2.07. The summed E-state index contributed by atoms with van der Waals surface area (Å²) in [6.07, 6.45) is 0. The van der Waals surface area contributed by atoms with Crippen molar-refractivity contribution in [1.82, 2.24) is 9.80 Å². The number of hydrogen-bond donors (Lipinski definition) is 1. The lowest BCUT2D eigenvalue weighted by molar-refractivity contribution is -0.129. The Morgan fingerprint density at radius 3 is 2.48 bits per heavy atom. The van der Waals surface area contributed by atoms with Crippen LogP contribution in [0, 0.1) is 11.8 Å². The maximum atomic E-state index is 11.5. The van der Waals surface area contributed by atoms with Gasteiger partial charge in [-0.1, -0.05) is 11.8 Å². The zero-order valence-electron chi connectivity index (χ0n) is 12.8. The minimum atomic E-state index is -0.143. The van der Waals surface area contributed by atoms with Crippen LogP contribution in [0.25, 0.3) is 0 Å². The molecule has 0 aromatic heterocycles. The first-order valence-electron chi connectivity index (χ1n) is 6.74. The van der Waals surface area contributed by atoms with Gasteiger partial charge >= 0.3 is 0 Å². The van der Waals surface area contributed by atoms with Crippen molar-refractivity contribution in [3.63, 3.8) is 0 Å². The molecule has 0 radical (unpaired) electrons. The van der Waals surface area contributed by atoms with Gasteiger partial charge in [-0.3, -0.25) is 9.69 Å². The molecule has 5 heteroatoms. The highest BCUT2D eigenvalue weighted by Crippen LogP contribution is 2.11. The van der Waals surface area contributed by atoms with E-state index >= 15 is 0 Å². The smallest absolute Gasteiger partial charge is 0.236 e. The van der Waals surface area contributed by atoms with Crippen LogP contribution >= 0.6 is 0 Å². The average molecular weight is 290 g/mol. The molecule has 0 unspecified atom stereocenters. The fraction of sp³-hybridized carbons (Fsp3) is 0.438. The van der Waals surface area contributed by atoms with Gasteiger partial charge in [-0.25, -0.2) is 0 Å². The Labute approximate surface area is 126 Å². The zero-order chi connectivity index (χ0) is 15.7. The van der Waals surface area contributed by atoms with E-state index in [9.17, 15) is 4.79 Å². The number of likely N-dealkylation sites (N-methyl/N-ethyl adjacent to an activating group) is 2. The Morgan fingerprint density at radius 1 is 1.24 bits per heavy atom. The number of aliphatic hydroxyl groups is 1. The number of benzene rings is 1. The number of rotatable bonds is 6. The van der Waals surface area contributed by atoms with Gasteiger partial charge in [-0.05, 0) is 31.3 Å². The molecular weight excluding hydrogens is 268 g/mol. The standard InChI is InChI=1S/C16H22N2O3/c1-17(2)16(20)13-18(3)10-12-21-15-8-6-14(7-9-15)5-4-11-19/h6-9,19H,10-13H2,1-3H3. The van der Waals surface area contributed by atoms with Crippen molar-refractivity contribution in [3.8, 4) is 17.6 Å². The fourth-order valence-corrected chi connectivity index (χ4v) is 1.55. The molecule has 0 aliphatic rings. The minimum absolute atomic E-state index is 0.0734. The van der Waals surface area contributed by atoms with E-state index in [1.165, 1.54) is 0 Å². The predicted molar refractivity (Wildman–Crippen MR) is 82.1 cm³/mol. The number of aliphatic hydroxyl groups excluding tert-OH is 1. The summed E-state index contributed by atoms with van der Waals surface area (Å²) in [4.78, 5) is 15.0. The van der Waals surface area contributed by atoms with Crippen LogP contribution in [0.1, 0.15) is 5.56 Å². The van der Waals surface area contributed by atoms with E-state index in [1.54, 1.807) is 19.0 Å². The lowest BCUT2D eigenvalue weighted by atomic mass is 10.2. The molecule has 0 fully saturated rings. The SMILES string of the molecule is CN(CCOc1ccc(C#CCO)cc1)CC(=O)N(C)C. The van der Waals surface area contributed by atoms with E-state index in [0.717, 1.165) is 11.3 Å². The summed E-state index contributed by atoms with van der Waals surface area (Å²) in [6, 6.07) is 7.37. The van der Waals surface area contributed by atoms with Gasteiger partial charge in [0.2, 0.25) is 5.91 Å². The van der Waals surface area contributed by atoms with Gasteiger partial charge in [0.15, 0.2) is 0 Å². The highest BCUT2D eigenvalue weighted by atomic mass is 16.5. The Kier molecular flexibility index (Phi) is 7.30. The Balaban J connectivity index is 2.34. The van der Waals surface area contributed by atoms with Crippen LogP contribution in [0.3, 0.4) is 0 Å². The molecule has 21 heavy (non-hydrogen) atoms. The van der Waals surface area contributed by atoms with E-state index in [2.05, 4.69) is 11.8 Å². The first-order valence-corrected chi connectivity index (χ1v) is 6.74. The zero-order valence-corrected chi connectivity index (χ0v) is 12.8. The Morgan fingerprint density at radius 2 is 1.90 bits per heavy atom. The monoisotopic (exact) mass is 290 g/mol. The van der Waals surface area contributed by atoms with Gasteiger partial charge in [0.05, 0.1) is 6.54 Å². The molecule has 1 N–H and O–H groups in total. The van der Waals surface area contributed by atoms with Crippen molar-refractivity contribution < 1.29 is 14.6 Å². The topological polar surface area (TPSA) is 53.0 Å². The Bertz CT molecular complexity index is 500. The summed E-state index contributed by atoms with van der Waals surface area (Å²) < 4.78 is 5.61. The summed E-state index contributed by atoms with van der Waals surface area (Å²) in [5.74, 6) is 6.25. The molecular formula is C16H22N2O3. The maximum absolute atomic E-state index is 11.5. The third-order valence-corrected chi connectivity index (χ3v) is 2.81. The summed E-state index contributed by atoms with van der Waals surface area (Å²) in [7, 11) is 5.38. The molecule has 0 spiro atoms. The van der Waals surface area contributed by atoms with Crippen LogP contribution in [0.15, 0.2) is 24.3 Å². The van der Waals surface area contributed by atoms with Crippen molar-refractivity contribution in [2.45, 2.75) is 0 Å². The molecule has 0 saturated heterocycles. The normalized spacial score (nSPS) is 9.95. The molecule has 5 nitrogen and oxygen atoms in total. The molecule has 1 aromatic rings. The molecule has 0 aliphatic heterocycles. The minimum Gasteiger partial charge on any atom is -0.492 e. The van der Waals surface area contributed by atoms with Gasteiger partial charge in [-0.15, -0.1) is 0 Å². The van der Waals surface area contributed by atoms with Crippen molar-refractivity contribution >= 4 is 5.91 Å². The molecule has 0 heterocycles. The van der Waals surface area contributed by atoms with Gasteiger partial charge in [-0.2, -0.15) is 0 Å². The van der Waals surface area contributed by atoms with Crippen molar-refractivity contribution in [2.75, 3.05) is 47.4 Å². The Hall–Kier alpha value is -2.03. The molecule has 1 aromatic carbocycles. The summed E-state index contributed by atoms with van der Waals surface area (Å²) in [6.45, 7) is 1.42. The largest absolute Gasteiger partial charge is 0.492 e. The van der Waals surface area contributed by atoms with Crippen LogP contribution in [-0.4, -0.2) is 68.3 Å². The molecule has 0 aliphatic carbocycles. The third kappa shape index (κ3) is 6.80. The van der Waals surface area contributed by atoms with Gasteiger partial charge < -0.3 is 14.7 Å². The highest BCUT2D eigenvalue weighted by molar-refractivity contribution is 5.77. The summed E-state index contributed by atoms with van der Waals surface area (Å²) >= 11 is 0. The second kappa shape index (κ2) is 9.01. The molecule has 1 rings (SSSR count). The second-order valence-corrected chi connectivity index (χ2v) is 4.86. The van der Waals surface area contributed by atoms with E-state index in [0.29, 0.717) is 19.7 Å². The van der Waals surface area contributed by atoms with Crippen LogP contribution < -0.4 is 4.74 Å².